The minimum Gasteiger partial charge on any atom is -0.369 e. The van der Waals surface area contributed by atoms with Gasteiger partial charge in [0, 0.05) is 31.9 Å². The van der Waals surface area contributed by atoms with Gasteiger partial charge in [-0.25, -0.2) is 0 Å². The molecule has 0 saturated carbocycles. The molecule has 1 saturated heterocycles. The predicted octanol–water partition coefficient (Wildman–Crippen LogP) is 2.40. The van der Waals surface area contributed by atoms with E-state index in [2.05, 4.69) is 34.9 Å². The number of aryl methyl sites for hydroxylation is 1. The number of hydrogen-bond acceptors (Lipinski definition) is 3. The summed E-state index contributed by atoms with van der Waals surface area (Å²) in [4.78, 5) is 4.94. The molecule has 0 aliphatic carbocycles. The zero-order chi connectivity index (χ0) is 13.0. The van der Waals surface area contributed by atoms with Crippen molar-refractivity contribution in [2.45, 2.75) is 20.3 Å². The number of hydrogen-bond donors (Lipinski definition) is 0. The molecule has 1 aliphatic heterocycles. The first-order valence-corrected chi connectivity index (χ1v) is 6.72. The number of nitriles is 1. The number of rotatable bonds is 3. The van der Waals surface area contributed by atoms with Gasteiger partial charge < -0.3 is 4.90 Å². The zero-order valence-electron chi connectivity index (χ0n) is 11.3. The molecule has 96 valence electrons. The maximum Gasteiger partial charge on any atom is 0.0994 e. The Kier molecular flexibility index (Phi) is 4.22. The van der Waals surface area contributed by atoms with Crippen LogP contribution in [0.2, 0.25) is 0 Å². The molecule has 0 spiro atoms. The van der Waals surface area contributed by atoms with Gasteiger partial charge in [0.25, 0.3) is 0 Å². The van der Waals surface area contributed by atoms with Gasteiger partial charge in [0.15, 0.2) is 0 Å². The number of anilines is 1. The van der Waals surface area contributed by atoms with Gasteiger partial charge in [-0.3, -0.25) is 4.90 Å². The van der Waals surface area contributed by atoms with Crippen LogP contribution in [0.5, 0.6) is 0 Å². The van der Waals surface area contributed by atoms with E-state index in [1.165, 1.54) is 18.7 Å². The van der Waals surface area contributed by atoms with Crippen molar-refractivity contribution in [3.63, 3.8) is 0 Å². The Balaban J connectivity index is 2.02. The fraction of sp³-hybridized carbons (Fsp3) is 0.533. The Hall–Kier alpha value is -1.53. The van der Waals surface area contributed by atoms with Crippen LogP contribution in [0.1, 0.15) is 24.5 Å². The van der Waals surface area contributed by atoms with Crippen molar-refractivity contribution in [3.05, 3.63) is 29.3 Å². The molecule has 1 fully saturated rings. The summed E-state index contributed by atoms with van der Waals surface area (Å²) in [5.74, 6) is 0. The monoisotopic (exact) mass is 243 g/mol. The summed E-state index contributed by atoms with van der Waals surface area (Å²) in [6.45, 7) is 9.92. The summed E-state index contributed by atoms with van der Waals surface area (Å²) in [6.07, 6.45) is 1.23. The smallest absolute Gasteiger partial charge is 0.0994 e. The Morgan fingerprint density at radius 3 is 2.50 bits per heavy atom. The van der Waals surface area contributed by atoms with E-state index in [9.17, 15) is 0 Å². The van der Waals surface area contributed by atoms with E-state index in [-0.39, 0.29) is 0 Å². The summed E-state index contributed by atoms with van der Waals surface area (Å²) >= 11 is 0. The van der Waals surface area contributed by atoms with E-state index in [0.717, 1.165) is 37.3 Å². The van der Waals surface area contributed by atoms with Gasteiger partial charge >= 0.3 is 0 Å². The summed E-state index contributed by atoms with van der Waals surface area (Å²) in [5, 5.41) is 8.94. The highest BCUT2D eigenvalue weighted by atomic mass is 15.3. The van der Waals surface area contributed by atoms with Crippen molar-refractivity contribution in [2.75, 3.05) is 37.6 Å². The van der Waals surface area contributed by atoms with E-state index in [1.54, 1.807) is 0 Å². The third kappa shape index (κ3) is 2.83. The van der Waals surface area contributed by atoms with Crippen molar-refractivity contribution in [1.82, 2.24) is 4.90 Å². The molecule has 0 N–H and O–H groups in total. The maximum absolute atomic E-state index is 8.94. The summed E-state index contributed by atoms with van der Waals surface area (Å²) in [5.41, 5.74) is 3.11. The molecule has 0 unspecified atom stereocenters. The SMILES string of the molecule is CCCN1CCN(c2ccc(C#N)c(C)c2)CC1. The first-order valence-electron chi connectivity index (χ1n) is 6.72. The molecule has 0 bridgehead atoms. The lowest BCUT2D eigenvalue weighted by molar-refractivity contribution is 0.258. The van der Waals surface area contributed by atoms with Crippen molar-refractivity contribution in [2.24, 2.45) is 0 Å². The van der Waals surface area contributed by atoms with Crippen LogP contribution in [0.15, 0.2) is 18.2 Å². The standard InChI is InChI=1S/C15H21N3/c1-3-6-17-7-9-18(10-8-17)15-5-4-14(12-16)13(2)11-15/h4-5,11H,3,6-10H2,1-2H3. The molecule has 1 aromatic carbocycles. The second-order valence-corrected chi connectivity index (χ2v) is 4.94. The minimum absolute atomic E-state index is 0.781. The molecule has 0 aromatic heterocycles. The molecule has 1 aliphatic rings. The topological polar surface area (TPSA) is 30.3 Å². The molecule has 3 nitrogen and oxygen atoms in total. The van der Waals surface area contributed by atoms with Crippen LogP contribution < -0.4 is 4.90 Å². The maximum atomic E-state index is 8.94. The van der Waals surface area contributed by atoms with E-state index in [1.807, 2.05) is 13.0 Å². The highest BCUT2D eigenvalue weighted by Gasteiger charge is 2.16. The summed E-state index contributed by atoms with van der Waals surface area (Å²) in [7, 11) is 0. The van der Waals surface area contributed by atoms with Crippen LogP contribution >= 0.6 is 0 Å². The van der Waals surface area contributed by atoms with E-state index >= 15 is 0 Å². The average molecular weight is 243 g/mol. The van der Waals surface area contributed by atoms with Gasteiger partial charge in [-0.1, -0.05) is 6.92 Å². The molecule has 1 aromatic rings. The largest absolute Gasteiger partial charge is 0.369 e. The van der Waals surface area contributed by atoms with Crippen molar-refractivity contribution in [3.8, 4) is 6.07 Å². The third-order valence-corrected chi connectivity index (χ3v) is 3.61. The van der Waals surface area contributed by atoms with Gasteiger partial charge in [-0.2, -0.15) is 5.26 Å². The molecule has 0 amide bonds. The molecule has 18 heavy (non-hydrogen) atoms. The summed E-state index contributed by atoms with van der Waals surface area (Å²) in [6, 6.07) is 8.36. The normalized spacial score (nSPS) is 16.6. The lowest BCUT2D eigenvalue weighted by atomic mass is 10.1. The van der Waals surface area contributed by atoms with Gasteiger partial charge in [0.05, 0.1) is 11.6 Å². The third-order valence-electron chi connectivity index (χ3n) is 3.61. The molecule has 3 heteroatoms. The van der Waals surface area contributed by atoms with Gasteiger partial charge in [-0.15, -0.1) is 0 Å². The highest BCUT2D eigenvalue weighted by Crippen LogP contribution is 2.20. The fourth-order valence-electron chi connectivity index (χ4n) is 2.52. The van der Waals surface area contributed by atoms with E-state index in [0.29, 0.717) is 0 Å². The second kappa shape index (κ2) is 5.88. The van der Waals surface area contributed by atoms with Gasteiger partial charge in [0.1, 0.15) is 0 Å². The number of piperazine rings is 1. The van der Waals surface area contributed by atoms with Crippen LogP contribution in [-0.4, -0.2) is 37.6 Å². The molecular weight excluding hydrogens is 222 g/mol. The van der Waals surface area contributed by atoms with Gasteiger partial charge in [0.2, 0.25) is 0 Å². The Morgan fingerprint density at radius 2 is 1.94 bits per heavy atom. The average Bonchev–Trinajstić information content (AvgIpc) is 2.40. The van der Waals surface area contributed by atoms with Crippen molar-refractivity contribution < 1.29 is 0 Å². The van der Waals surface area contributed by atoms with Crippen LogP contribution in [-0.2, 0) is 0 Å². The predicted molar refractivity (Wildman–Crippen MR) is 74.8 cm³/mol. The van der Waals surface area contributed by atoms with E-state index in [4.69, 9.17) is 5.26 Å². The highest BCUT2D eigenvalue weighted by molar-refractivity contribution is 5.53. The molecular formula is C15H21N3. The van der Waals surface area contributed by atoms with Crippen molar-refractivity contribution in [1.29, 1.82) is 5.26 Å². The van der Waals surface area contributed by atoms with Crippen LogP contribution in [0.4, 0.5) is 5.69 Å². The number of nitrogens with zero attached hydrogens (tertiary/aromatic N) is 3. The molecule has 0 atom stereocenters. The Morgan fingerprint density at radius 1 is 1.22 bits per heavy atom. The Labute approximate surface area is 110 Å². The zero-order valence-corrected chi connectivity index (χ0v) is 11.3. The first kappa shape index (κ1) is 12.9. The molecule has 1 heterocycles. The van der Waals surface area contributed by atoms with Gasteiger partial charge in [-0.05, 0) is 43.7 Å². The minimum atomic E-state index is 0.781. The fourth-order valence-corrected chi connectivity index (χ4v) is 2.52. The summed E-state index contributed by atoms with van der Waals surface area (Å²) < 4.78 is 0. The lowest BCUT2D eigenvalue weighted by Crippen LogP contribution is -2.46. The number of benzene rings is 1. The molecule has 2 rings (SSSR count). The Bertz CT molecular complexity index is 440. The lowest BCUT2D eigenvalue weighted by Gasteiger charge is -2.36. The first-order chi connectivity index (χ1) is 8.74. The van der Waals surface area contributed by atoms with Crippen molar-refractivity contribution >= 4 is 5.69 Å². The van der Waals surface area contributed by atoms with Crippen LogP contribution in [0.3, 0.4) is 0 Å². The van der Waals surface area contributed by atoms with Crippen LogP contribution in [0, 0.1) is 18.3 Å². The quantitative estimate of drug-likeness (QED) is 0.816. The van der Waals surface area contributed by atoms with E-state index < -0.39 is 0 Å². The second-order valence-electron chi connectivity index (χ2n) is 4.94. The molecule has 0 radical (unpaired) electrons. The van der Waals surface area contributed by atoms with Crippen LogP contribution in [0.25, 0.3) is 0 Å².